The SMILES string of the molecule is Cc1nc(C(=O)NC[C@@H]2CO[C@H]3CN(c4ncccn4)C[C@@H]23)cs1. The smallest absolute Gasteiger partial charge is 0.270 e. The lowest BCUT2D eigenvalue weighted by atomic mass is 9.93. The fourth-order valence-corrected chi connectivity index (χ4v) is 4.00. The summed E-state index contributed by atoms with van der Waals surface area (Å²) in [4.78, 5) is 27.2. The molecule has 2 fully saturated rings. The summed E-state index contributed by atoms with van der Waals surface area (Å²) in [5.41, 5.74) is 0.499. The second kappa shape index (κ2) is 6.45. The van der Waals surface area contributed by atoms with Crippen molar-refractivity contribution in [1.82, 2.24) is 20.3 Å². The molecule has 1 N–H and O–H groups in total. The van der Waals surface area contributed by atoms with Crippen LogP contribution in [0.15, 0.2) is 23.8 Å². The van der Waals surface area contributed by atoms with Gasteiger partial charge in [-0.2, -0.15) is 0 Å². The number of nitrogens with zero attached hydrogens (tertiary/aromatic N) is 4. The minimum Gasteiger partial charge on any atom is -0.376 e. The first-order valence-electron chi connectivity index (χ1n) is 8.04. The average molecular weight is 345 g/mol. The maximum absolute atomic E-state index is 12.2. The molecule has 2 aromatic heterocycles. The monoisotopic (exact) mass is 345 g/mol. The van der Waals surface area contributed by atoms with Crippen molar-refractivity contribution in [3.05, 3.63) is 34.5 Å². The van der Waals surface area contributed by atoms with Crippen LogP contribution in [0.5, 0.6) is 0 Å². The van der Waals surface area contributed by atoms with E-state index in [1.165, 1.54) is 11.3 Å². The summed E-state index contributed by atoms with van der Waals surface area (Å²) in [6.45, 7) is 4.88. The number of carbonyl (C=O) groups is 1. The number of thiazole rings is 1. The van der Waals surface area contributed by atoms with E-state index in [2.05, 4.69) is 25.2 Å². The maximum atomic E-state index is 12.2. The topological polar surface area (TPSA) is 80.2 Å². The first-order chi connectivity index (χ1) is 11.7. The summed E-state index contributed by atoms with van der Waals surface area (Å²) in [6.07, 6.45) is 3.70. The number of hydrogen-bond donors (Lipinski definition) is 1. The van der Waals surface area contributed by atoms with Crippen molar-refractivity contribution in [3.8, 4) is 0 Å². The van der Waals surface area contributed by atoms with E-state index >= 15 is 0 Å². The number of rotatable bonds is 4. The molecule has 24 heavy (non-hydrogen) atoms. The number of carbonyl (C=O) groups excluding carboxylic acids is 1. The van der Waals surface area contributed by atoms with E-state index in [1.54, 1.807) is 17.8 Å². The third kappa shape index (κ3) is 2.99. The normalized spacial score (nSPS) is 25.7. The molecule has 4 heterocycles. The van der Waals surface area contributed by atoms with Gasteiger partial charge in [-0.05, 0) is 13.0 Å². The van der Waals surface area contributed by atoms with E-state index in [0.29, 0.717) is 30.7 Å². The number of nitrogens with one attached hydrogen (secondary N) is 1. The van der Waals surface area contributed by atoms with Crippen LogP contribution in [0.1, 0.15) is 15.5 Å². The lowest BCUT2D eigenvalue weighted by molar-refractivity contribution is 0.0935. The van der Waals surface area contributed by atoms with Gasteiger partial charge in [0.15, 0.2) is 0 Å². The van der Waals surface area contributed by atoms with Gasteiger partial charge in [0, 0.05) is 49.2 Å². The van der Waals surface area contributed by atoms with Crippen LogP contribution in [0.2, 0.25) is 0 Å². The van der Waals surface area contributed by atoms with Gasteiger partial charge in [-0.3, -0.25) is 4.79 Å². The minimum absolute atomic E-state index is 0.107. The van der Waals surface area contributed by atoms with Crippen LogP contribution in [0.25, 0.3) is 0 Å². The highest BCUT2D eigenvalue weighted by atomic mass is 32.1. The molecule has 0 radical (unpaired) electrons. The Morgan fingerprint density at radius 1 is 1.42 bits per heavy atom. The highest BCUT2D eigenvalue weighted by molar-refractivity contribution is 7.09. The molecule has 3 atom stereocenters. The van der Waals surface area contributed by atoms with Crippen molar-refractivity contribution in [1.29, 1.82) is 0 Å². The van der Waals surface area contributed by atoms with Gasteiger partial charge in [-0.15, -0.1) is 11.3 Å². The lowest BCUT2D eigenvalue weighted by Crippen LogP contribution is -2.34. The second-order valence-electron chi connectivity index (χ2n) is 6.21. The van der Waals surface area contributed by atoms with Crippen LogP contribution in [0, 0.1) is 18.8 Å². The van der Waals surface area contributed by atoms with Crippen LogP contribution in [0.3, 0.4) is 0 Å². The molecule has 2 aliphatic heterocycles. The van der Waals surface area contributed by atoms with Crippen molar-refractivity contribution >= 4 is 23.2 Å². The van der Waals surface area contributed by atoms with Gasteiger partial charge in [-0.1, -0.05) is 0 Å². The molecule has 1 amide bonds. The highest BCUT2D eigenvalue weighted by Gasteiger charge is 2.44. The number of fused-ring (bicyclic) bond motifs is 1. The number of ether oxygens (including phenoxy) is 1. The van der Waals surface area contributed by atoms with E-state index in [-0.39, 0.29) is 12.0 Å². The summed E-state index contributed by atoms with van der Waals surface area (Å²) >= 11 is 1.49. The van der Waals surface area contributed by atoms with Gasteiger partial charge < -0.3 is 15.0 Å². The summed E-state index contributed by atoms with van der Waals surface area (Å²) in [5, 5.41) is 5.69. The number of amides is 1. The second-order valence-corrected chi connectivity index (χ2v) is 7.27. The molecule has 0 saturated carbocycles. The van der Waals surface area contributed by atoms with E-state index in [4.69, 9.17) is 4.74 Å². The van der Waals surface area contributed by atoms with Gasteiger partial charge in [0.05, 0.1) is 17.7 Å². The van der Waals surface area contributed by atoms with Crippen molar-refractivity contribution in [2.24, 2.45) is 11.8 Å². The molecule has 2 aliphatic rings. The van der Waals surface area contributed by atoms with Crippen LogP contribution in [-0.4, -0.2) is 53.2 Å². The number of hydrogen-bond acceptors (Lipinski definition) is 7. The third-order valence-electron chi connectivity index (χ3n) is 4.65. The van der Waals surface area contributed by atoms with E-state index in [9.17, 15) is 4.79 Å². The molecule has 0 aromatic carbocycles. The first kappa shape index (κ1) is 15.5. The summed E-state index contributed by atoms with van der Waals surface area (Å²) < 4.78 is 5.92. The summed E-state index contributed by atoms with van der Waals surface area (Å²) in [5.74, 6) is 1.35. The van der Waals surface area contributed by atoms with Crippen LogP contribution in [0.4, 0.5) is 5.95 Å². The summed E-state index contributed by atoms with van der Waals surface area (Å²) in [6, 6.07) is 1.81. The lowest BCUT2D eigenvalue weighted by Gasteiger charge is -2.19. The standard InChI is InChI=1S/C16H19N5O2S/c1-10-20-13(9-24-10)15(22)19-5-11-8-23-14-7-21(6-12(11)14)16-17-3-2-4-18-16/h2-4,9,11-12,14H,5-8H2,1H3,(H,19,22)/t11-,12+,14+/m1/s1. The van der Waals surface area contributed by atoms with Crippen molar-refractivity contribution in [2.75, 3.05) is 31.1 Å². The molecule has 2 aromatic rings. The molecule has 8 heteroatoms. The highest BCUT2D eigenvalue weighted by Crippen LogP contribution is 2.34. The fraction of sp³-hybridized carbons (Fsp3) is 0.500. The Morgan fingerprint density at radius 2 is 2.25 bits per heavy atom. The molecule has 4 rings (SSSR count). The van der Waals surface area contributed by atoms with Crippen molar-refractivity contribution in [2.45, 2.75) is 13.0 Å². The number of aryl methyl sites for hydroxylation is 1. The van der Waals surface area contributed by atoms with Crippen LogP contribution < -0.4 is 10.2 Å². The van der Waals surface area contributed by atoms with E-state index in [1.807, 2.05) is 13.0 Å². The van der Waals surface area contributed by atoms with E-state index in [0.717, 1.165) is 24.0 Å². The predicted octanol–water partition coefficient (Wildman–Crippen LogP) is 1.12. The van der Waals surface area contributed by atoms with Gasteiger partial charge in [0.1, 0.15) is 5.69 Å². The molecule has 2 saturated heterocycles. The molecule has 0 unspecified atom stereocenters. The molecule has 0 spiro atoms. The van der Waals surface area contributed by atoms with Gasteiger partial charge >= 0.3 is 0 Å². The quantitative estimate of drug-likeness (QED) is 0.895. The Kier molecular flexibility index (Phi) is 4.15. The van der Waals surface area contributed by atoms with E-state index < -0.39 is 0 Å². The zero-order valence-corrected chi connectivity index (χ0v) is 14.2. The predicted molar refractivity (Wildman–Crippen MR) is 90.1 cm³/mol. The van der Waals surface area contributed by atoms with Crippen molar-refractivity contribution < 1.29 is 9.53 Å². The molecule has 126 valence electrons. The minimum atomic E-state index is -0.107. The molecule has 7 nitrogen and oxygen atoms in total. The van der Waals surface area contributed by atoms with Crippen molar-refractivity contribution in [3.63, 3.8) is 0 Å². The Hall–Kier alpha value is -2.06. The molecule has 0 bridgehead atoms. The summed E-state index contributed by atoms with van der Waals surface area (Å²) in [7, 11) is 0. The largest absolute Gasteiger partial charge is 0.376 e. The Labute approximate surface area is 144 Å². The Balaban J connectivity index is 1.35. The zero-order valence-electron chi connectivity index (χ0n) is 13.4. The Morgan fingerprint density at radius 3 is 3.00 bits per heavy atom. The molecule has 0 aliphatic carbocycles. The van der Waals surface area contributed by atoms with Crippen LogP contribution >= 0.6 is 11.3 Å². The number of aromatic nitrogens is 3. The van der Waals surface area contributed by atoms with Gasteiger partial charge in [-0.25, -0.2) is 15.0 Å². The molecular formula is C16H19N5O2S. The maximum Gasteiger partial charge on any atom is 0.270 e. The number of anilines is 1. The van der Waals surface area contributed by atoms with Gasteiger partial charge in [0.25, 0.3) is 5.91 Å². The first-order valence-corrected chi connectivity index (χ1v) is 8.92. The Bertz CT molecular complexity index is 722. The fourth-order valence-electron chi connectivity index (χ4n) is 3.41. The van der Waals surface area contributed by atoms with Gasteiger partial charge in [0.2, 0.25) is 5.95 Å². The molecular weight excluding hydrogens is 326 g/mol. The zero-order chi connectivity index (χ0) is 16.5. The third-order valence-corrected chi connectivity index (χ3v) is 5.42. The average Bonchev–Trinajstić information content (AvgIpc) is 3.29. The van der Waals surface area contributed by atoms with Crippen LogP contribution in [-0.2, 0) is 4.74 Å².